The van der Waals surface area contributed by atoms with Crippen LogP contribution in [0.4, 0.5) is 9.80 Å². The van der Waals surface area contributed by atoms with Crippen LogP contribution >= 0.6 is 11.3 Å². The molecule has 1 aromatic heterocycles. The highest BCUT2D eigenvalue weighted by Gasteiger charge is 2.27. The Morgan fingerprint density at radius 2 is 2.18 bits per heavy atom. The largest absolute Gasteiger partial charge is 0.465 e. The monoisotopic (exact) mass is 250 g/mol. The summed E-state index contributed by atoms with van der Waals surface area (Å²) in [6.07, 6.45) is 4.30. The maximum absolute atomic E-state index is 11.3. The van der Waals surface area contributed by atoms with Crippen LogP contribution < -0.4 is 4.90 Å². The van der Waals surface area contributed by atoms with Crippen LogP contribution in [0.15, 0.2) is 11.4 Å². The number of nitriles is 1. The minimum absolute atomic E-state index is 0.0754. The van der Waals surface area contributed by atoms with Crippen LogP contribution in [0.5, 0.6) is 0 Å². The fourth-order valence-corrected chi connectivity index (χ4v) is 3.18. The third-order valence-corrected chi connectivity index (χ3v) is 4.03. The highest BCUT2D eigenvalue weighted by molar-refractivity contribution is 7.14. The Bertz CT molecular complexity index is 444. The molecule has 17 heavy (non-hydrogen) atoms. The van der Waals surface area contributed by atoms with E-state index in [-0.39, 0.29) is 6.04 Å². The zero-order valence-electron chi connectivity index (χ0n) is 9.43. The fourth-order valence-electron chi connectivity index (χ4n) is 2.28. The van der Waals surface area contributed by atoms with Gasteiger partial charge in [-0.25, -0.2) is 4.79 Å². The van der Waals surface area contributed by atoms with Gasteiger partial charge in [-0.15, -0.1) is 11.3 Å². The minimum atomic E-state index is -0.914. The third-order valence-electron chi connectivity index (χ3n) is 3.10. The van der Waals surface area contributed by atoms with Gasteiger partial charge < -0.3 is 5.11 Å². The Balaban J connectivity index is 2.22. The van der Waals surface area contributed by atoms with Gasteiger partial charge in [0.2, 0.25) is 0 Å². The summed E-state index contributed by atoms with van der Waals surface area (Å²) in [5, 5.41) is 20.5. The molecule has 1 aliphatic carbocycles. The molecule has 5 heteroatoms. The molecule has 2 rings (SSSR count). The summed E-state index contributed by atoms with van der Waals surface area (Å²) in [6, 6.07) is 3.77. The lowest BCUT2D eigenvalue weighted by molar-refractivity contribution is 0.196. The second-order valence-corrected chi connectivity index (χ2v) is 5.12. The second-order valence-electron chi connectivity index (χ2n) is 4.23. The van der Waals surface area contributed by atoms with E-state index in [0.29, 0.717) is 10.6 Å². The van der Waals surface area contributed by atoms with E-state index in [1.807, 2.05) is 6.07 Å². The molecule has 1 fully saturated rings. The second kappa shape index (κ2) is 5.19. The molecule has 1 N–H and O–H groups in total. The Kier molecular flexibility index (Phi) is 3.64. The van der Waals surface area contributed by atoms with Gasteiger partial charge >= 0.3 is 6.09 Å². The molecule has 0 saturated heterocycles. The first-order valence-corrected chi connectivity index (χ1v) is 6.61. The quantitative estimate of drug-likeness (QED) is 0.874. The van der Waals surface area contributed by atoms with Crippen LogP contribution in [0, 0.1) is 11.3 Å². The molecule has 90 valence electrons. The van der Waals surface area contributed by atoms with Gasteiger partial charge in [-0.2, -0.15) is 5.26 Å². The molecule has 1 saturated carbocycles. The van der Waals surface area contributed by atoms with Crippen molar-refractivity contribution in [2.75, 3.05) is 4.90 Å². The molecule has 0 aliphatic heterocycles. The molecule has 1 amide bonds. The molecule has 0 bridgehead atoms. The van der Waals surface area contributed by atoms with Crippen molar-refractivity contribution in [2.24, 2.45) is 0 Å². The number of hydrogen-bond acceptors (Lipinski definition) is 3. The van der Waals surface area contributed by atoms with Crippen molar-refractivity contribution < 1.29 is 9.90 Å². The van der Waals surface area contributed by atoms with Gasteiger partial charge in [-0.3, -0.25) is 4.90 Å². The molecule has 4 nitrogen and oxygen atoms in total. The standard InChI is InChI=1S/C12H14N2O2S/c13-7-9-6-11(17-8-9)14(12(15)16)10-4-2-1-3-5-10/h6,8,10H,1-5H2,(H,15,16). The molecular formula is C12H14N2O2S. The number of carbonyl (C=O) groups is 1. The van der Waals surface area contributed by atoms with Crippen molar-refractivity contribution in [3.8, 4) is 6.07 Å². The van der Waals surface area contributed by atoms with E-state index < -0.39 is 6.09 Å². The SMILES string of the molecule is N#Cc1csc(N(C(=O)O)C2CCCCC2)c1. The summed E-state index contributed by atoms with van der Waals surface area (Å²) >= 11 is 1.33. The zero-order chi connectivity index (χ0) is 12.3. The summed E-state index contributed by atoms with van der Waals surface area (Å²) in [7, 11) is 0. The van der Waals surface area contributed by atoms with Crippen molar-refractivity contribution in [3.05, 3.63) is 17.0 Å². The van der Waals surface area contributed by atoms with Crippen molar-refractivity contribution in [1.82, 2.24) is 0 Å². The zero-order valence-corrected chi connectivity index (χ0v) is 10.2. The molecule has 1 aromatic rings. The molecule has 0 aromatic carbocycles. The summed E-state index contributed by atoms with van der Waals surface area (Å²) in [5.41, 5.74) is 0.534. The highest BCUT2D eigenvalue weighted by Crippen LogP contribution is 2.31. The van der Waals surface area contributed by atoms with Crippen LogP contribution in [-0.2, 0) is 0 Å². The first kappa shape index (κ1) is 11.9. The van der Waals surface area contributed by atoms with Crippen LogP contribution in [0.3, 0.4) is 0 Å². The van der Waals surface area contributed by atoms with E-state index in [1.54, 1.807) is 11.4 Å². The molecule has 0 spiro atoms. The number of anilines is 1. The number of amides is 1. The molecular weight excluding hydrogens is 236 g/mol. The first-order valence-electron chi connectivity index (χ1n) is 5.73. The van der Waals surface area contributed by atoms with Gasteiger partial charge in [0.25, 0.3) is 0 Å². The highest BCUT2D eigenvalue weighted by atomic mass is 32.1. The lowest BCUT2D eigenvalue weighted by atomic mass is 9.94. The van der Waals surface area contributed by atoms with E-state index in [4.69, 9.17) is 5.26 Å². The smallest absolute Gasteiger partial charge is 0.412 e. The molecule has 0 atom stereocenters. The van der Waals surface area contributed by atoms with Crippen molar-refractivity contribution in [1.29, 1.82) is 5.26 Å². The van der Waals surface area contributed by atoms with Gasteiger partial charge in [-0.1, -0.05) is 19.3 Å². The number of thiophene rings is 1. The number of carboxylic acid groups (broad SMARTS) is 1. The van der Waals surface area contributed by atoms with E-state index in [2.05, 4.69) is 0 Å². The average molecular weight is 250 g/mol. The van der Waals surface area contributed by atoms with Gasteiger partial charge in [-0.05, 0) is 18.9 Å². The molecule has 0 radical (unpaired) electrons. The van der Waals surface area contributed by atoms with Crippen LogP contribution in [-0.4, -0.2) is 17.2 Å². The van der Waals surface area contributed by atoms with Gasteiger partial charge in [0.15, 0.2) is 0 Å². The maximum Gasteiger partial charge on any atom is 0.412 e. The van der Waals surface area contributed by atoms with E-state index in [0.717, 1.165) is 25.7 Å². The Morgan fingerprint density at radius 1 is 1.47 bits per heavy atom. The van der Waals surface area contributed by atoms with Crippen molar-refractivity contribution in [3.63, 3.8) is 0 Å². The third kappa shape index (κ3) is 2.59. The first-order chi connectivity index (χ1) is 8.22. The Morgan fingerprint density at radius 3 is 2.71 bits per heavy atom. The predicted octanol–water partition coefficient (Wildman–Crippen LogP) is 3.44. The van der Waals surface area contributed by atoms with E-state index >= 15 is 0 Å². The predicted molar refractivity (Wildman–Crippen MR) is 66.4 cm³/mol. The Labute approximate surface area is 104 Å². The van der Waals surface area contributed by atoms with Gasteiger partial charge in [0.05, 0.1) is 5.56 Å². The lowest BCUT2D eigenvalue weighted by Crippen LogP contribution is -2.40. The number of rotatable bonds is 2. The lowest BCUT2D eigenvalue weighted by Gasteiger charge is -2.31. The van der Waals surface area contributed by atoms with Crippen molar-refractivity contribution in [2.45, 2.75) is 38.1 Å². The number of nitrogens with zero attached hydrogens (tertiary/aromatic N) is 2. The van der Waals surface area contributed by atoms with Gasteiger partial charge in [0, 0.05) is 11.4 Å². The van der Waals surface area contributed by atoms with Crippen LogP contribution in [0.2, 0.25) is 0 Å². The van der Waals surface area contributed by atoms with E-state index in [9.17, 15) is 9.90 Å². The summed E-state index contributed by atoms with van der Waals surface area (Å²) in [4.78, 5) is 12.8. The summed E-state index contributed by atoms with van der Waals surface area (Å²) in [6.45, 7) is 0. The van der Waals surface area contributed by atoms with Crippen molar-refractivity contribution >= 4 is 22.4 Å². The van der Waals surface area contributed by atoms with E-state index in [1.165, 1.54) is 22.7 Å². The Hall–Kier alpha value is -1.54. The summed E-state index contributed by atoms with van der Waals surface area (Å²) < 4.78 is 0. The average Bonchev–Trinajstić information content (AvgIpc) is 2.79. The normalized spacial score (nSPS) is 16.4. The topological polar surface area (TPSA) is 64.3 Å². The molecule has 1 aliphatic rings. The van der Waals surface area contributed by atoms with Gasteiger partial charge in [0.1, 0.15) is 11.1 Å². The molecule has 1 heterocycles. The van der Waals surface area contributed by atoms with Crippen LogP contribution in [0.25, 0.3) is 0 Å². The maximum atomic E-state index is 11.3. The summed E-state index contributed by atoms with van der Waals surface area (Å²) in [5.74, 6) is 0. The van der Waals surface area contributed by atoms with Crippen LogP contribution in [0.1, 0.15) is 37.7 Å². The molecule has 0 unspecified atom stereocenters. The minimum Gasteiger partial charge on any atom is -0.465 e. The number of hydrogen-bond donors (Lipinski definition) is 1. The fraction of sp³-hybridized carbons (Fsp3) is 0.500.